The number of hydrogen-bond donors (Lipinski definition) is 2. The minimum Gasteiger partial charge on any atom is -1.00 e. The summed E-state index contributed by atoms with van der Waals surface area (Å²) in [5.74, 6) is 2.39. The van der Waals surface area contributed by atoms with E-state index in [4.69, 9.17) is 5.11 Å². The number of aromatic nitrogens is 1. The van der Waals surface area contributed by atoms with Crippen LogP contribution in [0, 0.1) is 6.92 Å². The SMILES string of the molecule is C=Cc1sc[n+](CC(=O)c2ccccc2)c1C.OCCS1=C[NH2+]CC1.[Br-].[Br-]. The molecule has 2 heterocycles. The van der Waals surface area contributed by atoms with E-state index in [9.17, 15) is 4.79 Å². The summed E-state index contributed by atoms with van der Waals surface area (Å²) in [6.07, 6.45) is 1.82. The van der Waals surface area contributed by atoms with Gasteiger partial charge in [0.1, 0.15) is 5.49 Å². The highest BCUT2D eigenvalue weighted by Gasteiger charge is 2.17. The zero-order valence-electron chi connectivity index (χ0n) is 15.3. The highest BCUT2D eigenvalue weighted by molar-refractivity contribution is 8.14. The van der Waals surface area contributed by atoms with Crippen molar-refractivity contribution in [3.8, 4) is 0 Å². The lowest BCUT2D eigenvalue weighted by atomic mass is 10.1. The van der Waals surface area contributed by atoms with E-state index in [0.717, 1.165) is 21.9 Å². The number of nitrogens with two attached hydrogens (primary N) is 1. The minimum atomic E-state index is 0. The summed E-state index contributed by atoms with van der Waals surface area (Å²) in [7, 11) is 0.442. The van der Waals surface area contributed by atoms with Crippen LogP contribution in [0.25, 0.3) is 6.08 Å². The molecule has 0 saturated heterocycles. The lowest BCUT2D eigenvalue weighted by Gasteiger charge is -1.97. The van der Waals surface area contributed by atoms with Crippen LogP contribution in [0.3, 0.4) is 0 Å². The van der Waals surface area contributed by atoms with Gasteiger partial charge in [-0.25, -0.2) is 0 Å². The van der Waals surface area contributed by atoms with Crippen LogP contribution in [0.15, 0.2) is 42.4 Å². The molecule has 4 nitrogen and oxygen atoms in total. The molecule has 0 fully saturated rings. The molecule has 2 aromatic rings. The number of rotatable bonds is 6. The summed E-state index contributed by atoms with van der Waals surface area (Å²) < 4.78 is 1.97. The average Bonchev–Trinajstić information content (AvgIpc) is 3.27. The van der Waals surface area contributed by atoms with Gasteiger partial charge in [0.15, 0.2) is 5.69 Å². The van der Waals surface area contributed by atoms with E-state index in [1.54, 1.807) is 11.3 Å². The first-order valence-electron chi connectivity index (χ1n) is 8.27. The predicted molar refractivity (Wildman–Crippen MR) is 107 cm³/mol. The lowest BCUT2D eigenvalue weighted by molar-refractivity contribution is -0.684. The number of Topliss-reactive ketones (excluding diaryl/α,β-unsaturated/α-hetero) is 1. The third-order valence-electron chi connectivity index (χ3n) is 3.88. The lowest BCUT2D eigenvalue weighted by Crippen LogP contribution is -3.00. The highest BCUT2D eigenvalue weighted by atomic mass is 79.9. The molecule has 1 aromatic heterocycles. The first kappa shape index (κ1) is 26.4. The van der Waals surface area contributed by atoms with Crippen molar-refractivity contribution in [1.29, 1.82) is 0 Å². The Hall–Kier alpha value is -0.640. The summed E-state index contributed by atoms with van der Waals surface area (Å²) >= 11 is 1.61. The van der Waals surface area contributed by atoms with Gasteiger partial charge in [-0.1, -0.05) is 48.2 Å². The quantitative estimate of drug-likeness (QED) is 0.222. The predicted octanol–water partition coefficient (Wildman–Crippen LogP) is -4.54. The molecule has 8 heteroatoms. The molecule has 1 unspecified atom stereocenters. The Morgan fingerprint density at radius 3 is 2.59 bits per heavy atom. The van der Waals surface area contributed by atoms with E-state index in [2.05, 4.69) is 17.4 Å². The van der Waals surface area contributed by atoms with Crippen molar-refractivity contribution in [3.63, 3.8) is 0 Å². The molecule has 3 rings (SSSR count). The second-order valence-electron chi connectivity index (χ2n) is 5.62. The number of hydrogen-bond acceptors (Lipinski definition) is 3. The number of carbonyl (C=O) groups is 1. The second-order valence-corrected chi connectivity index (χ2v) is 8.67. The molecule has 0 aliphatic carbocycles. The Labute approximate surface area is 188 Å². The van der Waals surface area contributed by atoms with Crippen LogP contribution in [0.2, 0.25) is 0 Å². The van der Waals surface area contributed by atoms with E-state index in [1.807, 2.05) is 53.4 Å². The van der Waals surface area contributed by atoms with Gasteiger partial charge in [0.2, 0.25) is 17.8 Å². The van der Waals surface area contributed by atoms with Gasteiger partial charge < -0.3 is 44.4 Å². The van der Waals surface area contributed by atoms with Crippen LogP contribution in [-0.2, 0) is 6.54 Å². The molecule has 0 radical (unpaired) electrons. The second kappa shape index (κ2) is 14.4. The average molecular weight is 538 g/mol. The van der Waals surface area contributed by atoms with E-state index >= 15 is 0 Å². The van der Waals surface area contributed by atoms with Crippen molar-refractivity contribution in [2.75, 3.05) is 24.7 Å². The van der Waals surface area contributed by atoms with Crippen molar-refractivity contribution in [1.82, 2.24) is 0 Å². The van der Waals surface area contributed by atoms with Crippen LogP contribution in [0.1, 0.15) is 20.9 Å². The van der Waals surface area contributed by atoms with Gasteiger partial charge in [-0.15, -0.1) is 10.5 Å². The van der Waals surface area contributed by atoms with E-state index in [1.165, 1.54) is 12.3 Å². The van der Waals surface area contributed by atoms with Gasteiger partial charge in [0.25, 0.3) is 0 Å². The first-order chi connectivity index (χ1) is 12.2. The topological polar surface area (TPSA) is 57.8 Å². The molecule has 0 amide bonds. The normalized spacial score (nSPS) is 14.7. The smallest absolute Gasteiger partial charge is 0.227 e. The summed E-state index contributed by atoms with van der Waals surface area (Å²) in [5.41, 5.74) is 6.05. The Morgan fingerprint density at radius 2 is 2.07 bits per heavy atom. The standard InChI is InChI=1S/C14H14NOS.C5H11NOS.2BrH/c1-3-14-11(2)15(10-17-14)9-13(16)12-7-5-4-6-8-12;7-2-4-8-3-1-6-5-8;;/h3-8,10H,1,9H2,2H3;5-7H,1-4H2;2*1H/q+1;;;/p-1. The van der Waals surface area contributed by atoms with Crippen LogP contribution in [0.4, 0.5) is 0 Å². The van der Waals surface area contributed by atoms with Gasteiger partial charge in [-0.2, -0.15) is 4.57 Å². The summed E-state index contributed by atoms with van der Waals surface area (Å²) in [5, 5.41) is 10.7. The number of benzene rings is 1. The minimum absolute atomic E-state index is 0. The van der Waals surface area contributed by atoms with Crippen LogP contribution in [-0.4, -0.2) is 41.0 Å². The molecule has 0 spiro atoms. The molecule has 0 saturated carbocycles. The number of carbonyl (C=O) groups excluding carboxylic acids is 1. The van der Waals surface area contributed by atoms with Crippen molar-refractivity contribution >= 4 is 39.2 Å². The Bertz CT molecular complexity index is 749. The van der Waals surface area contributed by atoms with Gasteiger partial charge in [0.05, 0.1) is 18.0 Å². The van der Waals surface area contributed by atoms with Gasteiger partial charge in [-0.05, 0) is 6.08 Å². The maximum Gasteiger partial charge on any atom is 0.227 e. The third-order valence-corrected chi connectivity index (χ3v) is 7.00. The zero-order chi connectivity index (χ0) is 18.1. The molecular formula is C19H26Br2N2O2S2. The first-order valence-corrected chi connectivity index (χ1v) is 10.8. The Morgan fingerprint density at radius 1 is 1.37 bits per heavy atom. The molecule has 1 aliphatic rings. The van der Waals surface area contributed by atoms with E-state index in [-0.39, 0.29) is 39.7 Å². The van der Waals surface area contributed by atoms with Gasteiger partial charge in [-0.3, -0.25) is 4.79 Å². The number of aliphatic hydroxyl groups excluding tert-OH is 1. The van der Waals surface area contributed by atoms with Crippen molar-refractivity contribution < 1.29 is 53.7 Å². The van der Waals surface area contributed by atoms with Crippen LogP contribution in [0.5, 0.6) is 0 Å². The molecule has 150 valence electrons. The number of ketones is 1. The van der Waals surface area contributed by atoms with Gasteiger partial charge >= 0.3 is 0 Å². The maximum absolute atomic E-state index is 12.0. The monoisotopic (exact) mass is 536 g/mol. The number of quaternary nitrogens is 1. The molecule has 1 aliphatic heterocycles. The maximum atomic E-state index is 12.0. The van der Waals surface area contributed by atoms with E-state index in [0.29, 0.717) is 23.6 Å². The third kappa shape index (κ3) is 8.50. The summed E-state index contributed by atoms with van der Waals surface area (Å²) in [6, 6.07) is 9.37. The zero-order valence-corrected chi connectivity index (χ0v) is 20.1. The van der Waals surface area contributed by atoms with Crippen LogP contribution < -0.4 is 43.8 Å². The molecule has 1 atom stereocenters. The molecule has 1 aromatic carbocycles. The molecular weight excluding hydrogens is 512 g/mol. The Kier molecular flexibility index (Phi) is 14.0. The molecule has 0 bridgehead atoms. The fourth-order valence-corrected chi connectivity index (χ4v) is 4.84. The van der Waals surface area contributed by atoms with E-state index < -0.39 is 0 Å². The number of thiazole rings is 1. The fraction of sp³-hybridized carbons (Fsp3) is 0.316. The number of halogens is 2. The van der Waals surface area contributed by atoms with Gasteiger partial charge in [0, 0.05) is 24.0 Å². The summed E-state index contributed by atoms with van der Waals surface area (Å²) in [6.45, 7) is 7.73. The number of aliphatic hydroxyl groups is 1. The Balaban J connectivity index is 0.000000577. The van der Waals surface area contributed by atoms with Crippen molar-refractivity contribution in [3.05, 3.63) is 58.6 Å². The van der Waals surface area contributed by atoms with Crippen molar-refractivity contribution in [2.24, 2.45) is 0 Å². The van der Waals surface area contributed by atoms with Crippen LogP contribution >= 0.6 is 21.8 Å². The highest BCUT2D eigenvalue weighted by Crippen LogP contribution is 2.12. The summed E-state index contributed by atoms with van der Waals surface area (Å²) in [4.78, 5) is 13.1. The number of nitrogens with zero attached hydrogens (tertiary/aromatic N) is 1. The van der Waals surface area contributed by atoms with Crippen molar-refractivity contribution in [2.45, 2.75) is 13.5 Å². The fourth-order valence-electron chi connectivity index (χ4n) is 2.43. The molecule has 27 heavy (non-hydrogen) atoms. The molecule has 3 N–H and O–H groups in total. The largest absolute Gasteiger partial charge is 1.00 e.